The van der Waals surface area contributed by atoms with Crippen molar-refractivity contribution in [2.24, 2.45) is 0 Å². The van der Waals surface area contributed by atoms with Gasteiger partial charge in [0.15, 0.2) is 0 Å². The molecular formula is C16H19ClN4O. The van der Waals surface area contributed by atoms with Gasteiger partial charge in [0.1, 0.15) is 5.82 Å². The molecule has 5 nitrogen and oxygen atoms in total. The number of rotatable bonds is 7. The summed E-state index contributed by atoms with van der Waals surface area (Å²) < 4.78 is 0. The Morgan fingerprint density at radius 3 is 2.73 bits per heavy atom. The van der Waals surface area contributed by atoms with Gasteiger partial charge in [0.05, 0.1) is 12.3 Å². The molecule has 0 radical (unpaired) electrons. The van der Waals surface area contributed by atoms with Gasteiger partial charge >= 0.3 is 0 Å². The summed E-state index contributed by atoms with van der Waals surface area (Å²) in [6.45, 7) is 1.11. The van der Waals surface area contributed by atoms with Crippen molar-refractivity contribution in [1.29, 1.82) is 0 Å². The number of aromatic nitrogens is 2. The topological polar surface area (TPSA) is 70.1 Å². The molecule has 1 saturated carbocycles. The van der Waals surface area contributed by atoms with Crippen LogP contribution in [0.4, 0.5) is 11.8 Å². The van der Waals surface area contributed by atoms with Crippen LogP contribution in [0.5, 0.6) is 0 Å². The van der Waals surface area contributed by atoms with Crippen LogP contribution in [0.3, 0.4) is 0 Å². The molecule has 0 spiro atoms. The lowest BCUT2D eigenvalue weighted by molar-refractivity contribution is 0.311. The average molecular weight is 319 g/mol. The van der Waals surface area contributed by atoms with Gasteiger partial charge < -0.3 is 15.7 Å². The number of benzene rings is 1. The molecule has 3 N–H and O–H groups in total. The third kappa shape index (κ3) is 3.87. The van der Waals surface area contributed by atoms with Crippen LogP contribution in [0.2, 0.25) is 5.02 Å². The Bertz CT molecular complexity index is 646. The minimum Gasteiger partial charge on any atom is -0.395 e. The van der Waals surface area contributed by atoms with Gasteiger partial charge in [-0.1, -0.05) is 29.8 Å². The molecule has 0 amide bonds. The van der Waals surface area contributed by atoms with E-state index < -0.39 is 0 Å². The zero-order chi connectivity index (χ0) is 15.4. The summed E-state index contributed by atoms with van der Waals surface area (Å²) in [6, 6.07) is 9.75. The molecule has 0 bridgehead atoms. The summed E-state index contributed by atoms with van der Waals surface area (Å²) >= 11 is 6.17. The van der Waals surface area contributed by atoms with Crippen LogP contribution in [0.25, 0.3) is 0 Å². The van der Waals surface area contributed by atoms with Crippen LogP contribution in [-0.4, -0.2) is 28.2 Å². The summed E-state index contributed by atoms with van der Waals surface area (Å²) in [4.78, 5) is 8.94. The smallest absolute Gasteiger partial charge is 0.224 e. The summed E-state index contributed by atoms with van der Waals surface area (Å²) in [5, 5.41) is 16.0. The molecule has 3 rings (SSSR count). The molecule has 1 fully saturated rings. The van der Waals surface area contributed by atoms with E-state index in [4.69, 9.17) is 16.7 Å². The number of nitrogens with one attached hydrogen (secondary N) is 2. The van der Waals surface area contributed by atoms with E-state index >= 15 is 0 Å². The molecule has 0 saturated heterocycles. The zero-order valence-corrected chi connectivity index (χ0v) is 13.0. The summed E-state index contributed by atoms with van der Waals surface area (Å²) in [5.41, 5.74) is 2.08. The van der Waals surface area contributed by atoms with Gasteiger partial charge in [-0.25, -0.2) is 4.98 Å². The van der Waals surface area contributed by atoms with Crippen molar-refractivity contribution >= 4 is 23.4 Å². The Hall–Kier alpha value is -1.85. The standard InChI is InChI=1S/C16H19ClN4O/c17-13-4-2-1-3-12(13)10-19-15-9-14(11-5-6-11)20-16(21-15)18-7-8-22/h1-4,9,11,22H,5-8,10H2,(H2,18,19,20,21). The van der Waals surface area contributed by atoms with Crippen molar-refractivity contribution in [3.8, 4) is 0 Å². The fraction of sp³-hybridized carbons (Fsp3) is 0.375. The lowest BCUT2D eigenvalue weighted by Gasteiger charge is -2.11. The lowest BCUT2D eigenvalue weighted by Crippen LogP contribution is -2.11. The third-order valence-corrected chi connectivity index (χ3v) is 3.92. The molecule has 22 heavy (non-hydrogen) atoms. The molecule has 0 unspecified atom stereocenters. The Balaban J connectivity index is 1.74. The van der Waals surface area contributed by atoms with Crippen LogP contribution >= 0.6 is 11.6 Å². The van der Waals surface area contributed by atoms with Gasteiger partial charge in [-0.2, -0.15) is 4.98 Å². The highest BCUT2D eigenvalue weighted by atomic mass is 35.5. The molecule has 1 aromatic carbocycles. The van der Waals surface area contributed by atoms with Crippen molar-refractivity contribution in [1.82, 2.24) is 9.97 Å². The highest BCUT2D eigenvalue weighted by molar-refractivity contribution is 6.31. The highest BCUT2D eigenvalue weighted by Crippen LogP contribution is 2.39. The minimum absolute atomic E-state index is 0.0550. The second-order valence-electron chi connectivity index (χ2n) is 5.37. The fourth-order valence-electron chi connectivity index (χ4n) is 2.22. The Morgan fingerprint density at radius 1 is 1.18 bits per heavy atom. The molecule has 6 heteroatoms. The van der Waals surface area contributed by atoms with E-state index in [0.29, 0.717) is 25.0 Å². The number of halogens is 1. The van der Waals surface area contributed by atoms with E-state index in [1.807, 2.05) is 30.3 Å². The van der Waals surface area contributed by atoms with Crippen LogP contribution in [0.1, 0.15) is 30.0 Å². The summed E-state index contributed by atoms with van der Waals surface area (Å²) in [5.74, 6) is 1.87. The third-order valence-electron chi connectivity index (χ3n) is 3.55. The molecule has 1 heterocycles. The van der Waals surface area contributed by atoms with E-state index in [9.17, 15) is 0 Å². The Kier molecular flexibility index (Phi) is 4.75. The quantitative estimate of drug-likeness (QED) is 0.732. The molecular weight excluding hydrogens is 300 g/mol. The van der Waals surface area contributed by atoms with E-state index in [1.165, 1.54) is 12.8 Å². The predicted octanol–water partition coefficient (Wildman–Crippen LogP) is 3.02. The van der Waals surface area contributed by atoms with Crippen LogP contribution in [0, 0.1) is 0 Å². The average Bonchev–Trinajstić information content (AvgIpc) is 3.37. The monoisotopic (exact) mass is 318 g/mol. The molecule has 1 aromatic heterocycles. The molecule has 0 atom stereocenters. The van der Waals surface area contributed by atoms with Crippen molar-refractivity contribution in [2.75, 3.05) is 23.8 Å². The van der Waals surface area contributed by atoms with Gasteiger partial charge in [0.25, 0.3) is 0 Å². The number of nitrogens with zero attached hydrogens (tertiary/aromatic N) is 2. The molecule has 0 aliphatic heterocycles. The van der Waals surface area contributed by atoms with Crippen LogP contribution < -0.4 is 10.6 Å². The largest absolute Gasteiger partial charge is 0.395 e. The maximum Gasteiger partial charge on any atom is 0.224 e. The van der Waals surface area contributed by atoms with Gasteiger partial charge in [0.2, 0.25) is 5.95 Å². The number of hydrogen-bond donors (Lipinski definition) is 3. The summed E-state index contributed by atoms with van der Waals surface area (Å²) in [7, 11) is 0. The first-order chi connectivity index (χ1) is 10.8. The van der Waals surface area contributed by atoms with E-state index in [2.05, 4.69) is 20.6 Å². The number of aliphatic hydroxyl groups excluding tert-OH is 1. The highest BCUT2D eigenvalue weighted by Gasteiger charge is 2.26. The van der Waals surface area contributed by atoms with Gasteiger partial charge in [-0.05, 0) is 24.5 Å². The van der Waals surface area contributed by atoms with Crippen LogP contribution in [-0.2, 0) is 6.54 Å². The number of hydrogen-bond acceptors (Lipinski definition) is 5. The van der Waals surface area contributed by atoms with E-state index in [0.717, 1.165) is 22.1 Å². The minimum atomic E-state index is 0.0550. The number of anilines is 2. The maximum absolute atomic E-state index is 8.92. The normalized spacial score (nSPS) is 13.9. The Labute approximate surface area is 134 Å². The van der Waals surface area contributed by atoms with Crippen molar-refractivity contribution < 1.29 is 5.11 Å². The van der Waals surface area contributed by atoms with Crippen LogP contribution in [0.15, 0.2) is 30.3 Å². The van der Waals surface area contributed by atoms with E-state index in [1.54, 1.807) is 0 Å². The van der Waals surface area contributed by atoms with Gasteiger partial charge in [-0.3, -0.25) is 0 Å². The maximum atomic E-state index is 8.92. The first kappa shape index (κ1) is 15.1. The SMILES string of the molecule is OCCNc1nc(NCc2ccccc2Cl)cc(C2CC2)n1. The van der Waals surface area contributed by atoms with Crippen molar-refractivity contribution in [2.45, 2.75) is 25.3 Å². The van der Waals surface area contributed by atoms with E-state index in [-0.39, 0.29) is 6.61 Å². The van der Waals surface area contributed by atoms with Gasteiger partial charge in [0, 0.05) is 30.1 Å². The second kappa shape index (κ2) is 6.94. The predicted molar refractivity (Wildman–Crippen MR) is 88.4 cm³/mol. The first-order valence-electron chi connectivity index (χ1n) is 7.47. The van der Waals surface area contributed by atoms with Gasteiger partial charge in [-0.15, -0.1) is 0 Å². The Morgan fingerprint density at radius 2 is 2.00 bits per heavy atom. The van der Waals surface area contributed by atoms with Crippen molar-refractivity contribution in [3.05, 3.63) is 46.6 Å². The summed E-state index contributed by atoms with van der Waals surface area (Å²) in [6.07, 6.45) is 2.36. The lowest BCUT2D eigenvalue weighted by atomic mass is 10.2. The molecule has 2 aromatic rings. The molecule has 1 aliphatic carbocycles. The zero-order valence-electron chi connectivity index (χ0n) is 12.2. The number of aliphatic hydroxyl groups is 1. The fourth-order valence-corrected chi connectivity index (χ4v) is 2.42. The first-order valence-corrected chi connectivity index (χ1v) is 7.85. The van der Waals surface area contributed by atoms with Crippen molar-refractivity contribution in [3.63, 3.8) is 0 Å². The molecule has 1 aliphatic rings. The second-order valence-corrected chi connectivity index (χ2v) is 5.78. The molecule has 116 valence electrons.